The quantitative estimate of drug-likeness (QED) is 0.369. The van der Waals surface area contributed by atoms with Crippen LogP contribution in [0, 0.1) is 25.2 Å². The number of benzene rings is 2. The lowest BCUT2D eigenvalue weighted by Gasteiger charge is -2.24. The molecule has 1 saturated heterocycles. The van der Waals surface area contributed by atoms with Gasteiger partial charge in [-0.05, 0) is 75.3 Å². The maximum absolute atomic E-state index is 13.4. The van der Waals surface area contributed by atoms with Crippen molar-refractivity contribution in [2.45, 2.75) is 20.3 Å². The number of aryl methyl sites for hydroxylation is 2. The first kappa shape index (κ1) is 26.8. The lowest BCUT2D eigenvalue weighted by molar-refractivity contribution is 0.102. The highest BCUT2D eigenvalue weighted by Crippen LogP contribution is 2.28. The van der Waals surface area contributed by atoms with Gasteiger partial charge in [0.15, 0.2) is 0 Å². The van der Waals surface area contributed by atoms with E-state index in [4.69, 9.17) is 0 Å². The van der Waals surface area contributed by atoms with Crippen LogP contribution in [-0.4, -0.2) is 68.8 Å². The van der Waals surface area contributed by atoms with E-state index in [-0.39, 0.29) is 5.91 Å². The number of aromatic nitrogens is 5. The van der Waals surface area contributed by atoms with Crippen LogP contribution in [0.4, 0.5) is 11.4 Å². The van der Waals surface area contributed by atoms with Crippen LogP contribution < -0.4 is 10.2 Å². The summed E-state index contributed by atoms with van der Waals surface area (Å²) in [6.07, 6.45) is 4.65. The standard InChI is InChI=1S/C30H33N9O/c1-20-7-8-23(15-29(20)39-19-28(34-35-39)27-18-32-37(5)22(27)3)30(40)33-25-13-24(21(2)17-31)14-26(16-25)38-10-6-9-36(4)11-12-38/h7-8,13-16,18-19H,2,6,9-12H2,1,3-5H3,(H,33,40). The summed E-state index contributed by atoms with van der Waals surface area (Å²) in [5.74, 6) is -0.258. The number of hydrogen-bond donors (Lipinski definition) is 1. The number of nitriles is 1. The van der Waals surface area contributed by atoms with E-state index in [0.29, 0.717) is 28.1 Å². The smallest absolute Gasteiger partial charge is 0.255 e. The summed E-state index contributed by atoms with van der Waals surface area (Å²) in [5, 5.41) is 25.5. The summed E-state index contributed by atoms with van der Waals surface area (Å²) in [6, 6.07) is 13.4. The minimum absolute atomic E-state index is 0.258. The Morgan fingerprint density at radius 3 is 2.62 bits per heavy atom. The van der Waals surface area contributed by atoms with E-state index < -0.39 is 0 Å². The zero-order chi connectivity index (χ0) is 28.4. The molecule has 0 bridgehead atoms. The van der Waals surface area contributed by atoms with Crippen molar-refractivity contribution in [3.8, 4) is 23.0 Å². The molecule has 3 heterocycles. The van der Waals surface area contributed by atoms with Gasteiger partial charge < -0.3 is 15.1 Å². The van der Waals surface area contributed by atoms with E-state index in [1.54, 1.807) is 27.7 Å². The third-order valence-electron chi connectivity index (χ3n) is 7.47. The van der Waals surface area contributed by atoms with Crippen molar-refractivity contribution in [1.29, 1.82) is 5.26 Å². The van der Waals surface area contributed by atoms with Crippen LogP contribution in [-0.2, 0) is 7.05 Å². The number of likely N-dealkylation sites (N-methyl/N-ethyl adjacent to an activating group) is 1. The maximum atomic E-state index is 13.4. The summed E-state index contributed by atoms with van der Waals surface area (Å²) in [5.41, 5.74) is 7.43. The highest BCUT2D eigenvalue weighted by Gasteiger charge is 2.17. The van der Waals surface area contributed by atoms with E-state index in [1.807, 2.05) is 51.4 Å². The van der Waals surface area contributed by atoms with Gasteiger partial charge in [-0.2, -0.15) is 10.4 Å². The molecule has 204 valence electrons. The number of carbonyl (C=O) groups is 1. The van der Waals surface area contributed by atoms with Crippen LogP contribution in [0.2, 0.25) is 0 Å². The Labute approximate surface area is 234 Å². The molecule has 0 aliphatic carbocycles. The number of anilines is 2. The van der Waals surface area contributed by atoms with Gasteiger partial charge in [0.05, 0.1) is 29.7 Å². The number of hydrogen-bond acceptors (Lipinski definition) is 7. The number of allylic oxidation sites excluding steroid dienone is 1. The monoisotopic (exact) mass is 535 g/mol. The first-order chi connectivity index (χ1) is 19.2. The summed E-state index contributed by atoms with van der Waals surface area (Å²) in [7, 11) is 4.01. The average Bonchev–Trinajstić information content (AvgIpc) is 3.49. The fourth-order valence-corrected chi connectivity index (χ4v) is 4.87. The van der Waals surface area contributed by atoms with Gasteiger partial charge in [0.1, 0.15) is 5.69 Å². The summed E-state index contributed by atoms with van der Waals surface area (Å²) in [6.45, 7) is 11.6. The minimum Gasteiger partial charge on any atom is -0.370 e. The molecular formula is C30H33N9O. The topological polar surface area (TPSA) is 108 Å². The number of amides is 1. The molecule has 0 unspecified atom stereocenters. The van der Waals surface area contributed by atoms with Crippen LogP contribution in [0.15, 0.2) is 55.4 Å². The van der Waals surface area contributed by atoms with Gasteiger partial charge in [0.25, 0.3) is 5.91 Å². The zero-order valence-corrected chi connectivity index (χ0v) is 23.3. The largest absolute Gasteiger partial charge is 0.370 e. The summed E-state index contributed by atoms with van der Waals surface area (Å²) < 4.78 is 3.47. The van der Waals surface area contributed by atoms with Gasteiger partial charge in [-0.3, -0.25) is 9.48 Å². The Balaban J connectivity index is 1.42. The second-order valence-electron chi connectivity index (χ2n) is 10.3. The number of nitrogens with one attached hydrogen (secondary N) is 1. The van der Waals surface area contributed by atoms with Crippen LogP contribution in [0.25, 0.3) is 22.5 Å². The lowest BCUT2D eigenvalue weighted by atomic mass is 10.1. The van der Waals surface area contributed by atoms with Crippen LogP contribution in [0.5, 0.6) is 0 Å². The molecule has 1 fully saturated rings. The van der Waals surface area contributed by atoms with Gasteiger partial charge >= 0.3 is 0 Å². The van der Waals surface area contributed by atoms with Gasteiger partial charge in [-0.15, -0.1) is 5.10 Å². The Bertz CT molecular complexity index is 1620. The first-order valence-corrected chi connectivity index (χ1v) is 13.2. The molecule has 1 aliphatic rings. The predicted octanol–water partition coefficient (Wildman–Crippen LogP) is 4.22. The predicted molar refractivity (Wildman–Crippen MR) is 156 cm³/mol. The minimum atomic E-state index is -0.258. The van der Waals surface area contributed by atoms with Crippen molar-refractivity contribution < 1.29 is 4.79 Å². The SMILES string of the molecule is C=C(C#N)c1cc(NC(=O)c2ccc(C)c(-n3cc(-c4cnn(C)c4C)nn3)c2)cc(N2CCCN(C)CC2)c1. The third kappa shape index (κ3) is 5.51. The fraction of sp³-hybridized carbons (Fsp3) is 0.300. The average molecular weight is 536 g/mol. The van der Waals surface area contributed by atoms with Crippen LogP contribution in [0.1, 0.15) is 33.6 Å². The summed E-state index contributed by atoms with van der Waals surface area (Å²) in [4.78, 5) is 18.1. The highest BCUT2D eigenvalue weighted by atomic mass is 16.1. The molecule has 4 aromatic rings. The Hall–Kier alpha value is -4.75. The fourth-order valence-electron chi connectivity index (χ4n) is 4.87. The number of rotatable bonds is 6. The number of carbonyl (C=O) groups excluding carboxylic acids is 1. The van der Waals surface area contributed by atoms with Crippen molar-refractivity contribution in [3.63, 3.8) is 0 Å². The zero-order valence-electron chi connectivity index (χ0n) is 23.3. The van der Waals surface area contributed by atoms with E-state index in [1.165, 1.54) is 0 Å². The van der Waals surface area contributed by atoms with Crippen molar-refractivity contribution in [2.75, 3.05) is 43.4 Å². The third-order valence-corrected chi connectivity index (χ3v) is 7.47. The molecule has 0 radical (unpaired) electrons. The molecule has 0 spiro atoms. The van der Waals surface area contributed by atoms with Gasteiger partial charge in [-0.25, -0.2) is 4.68 Å². The molecule has 2 aromatic carbocycles. The van der Waals surface area contributed by atoms with Crippen molar-refractivity contribution in [2.24, 2.45) is 7.05 Å². The Kier molecular flexibility index (Phi) is 7.49. The molecule has 1 N–H and O–H groups in total. The molecule has 2 aromatic heterocycles. The molecule has 0 saturated carbocycles. The second kappa shape index (κ2) is 11.2. The summed E-state index contributed by atoms with van der Waals surface area (Å²) >= 11 is 0. The lowest BCUT2D eigenvalue weighted by Crippen LogP contribution is -2.28. The molecule has 5 rings (SSSR count). The Morgan fingerprint density at radius 1 is 1.05 bits per heavy atom. The normalized spacial score (nSPS) is 14.0. The second-order valence-corrected chi connectivity index (χ2v) is 10.3. The van der Waals surface area contributed by atoms with Gasteiger partial charge in [-0.1, -0.05) is 17.9 Å². The van der Waals surface area contributed by atoms with Crippen molar-refractivity contribution >= 4 is 22.9 Å². The molecular weight excluding hydrogens is 502 g/mol. The van der Waals surface area contributed by atoms with Crippen molar-refractivity contribution in [3.05, 3.63) is 77.8 Å². The molecule has 0 atom stereocenters. The molecule has 1 amide bonds. The first-order valence-electron chi connectivity index (χ1n) is 13.2. The molecule has 10 heteroatoms. The number of nitrogens with zero attached hydrogens (tertiary/aromatic N) is 8. The maximum Gasteiger partial charge on any atom is 0.255 e. The van der Waals surface area contributed by atoms with E-state index >= 15 is 0 Å². The van der Waals surface area contributed by atoms with Gasteiger partial charge in [0, 0.05) is 54.9 Å². The van der Waals surface area contributed by atoms with E-state index in [0.717, 1.165) is 60.8 Å². The van der Waals surface area contributed by atoms with Crippen LogP contribution >= 0.6 is 0 Å². The molecule has 10 nitrogen and oxygen atoms in total. The Morgan fingerprint density at radius 2 is 1.88 bits per heavy atom. The van der Waals surface area contributed by atoms with Crippen LogP contribution in [0.3, 0.4) is 0 Å². The van der Waals surface area contributed by atoms with Crippen molar-refractivity contribution in [1.82, 2.24) is 29.7 Å². The molecule has 40 heavy (non-hydrogen) atoms. The molecule has 1 aliphatic heterocycles. The van der Waals surface area contributed by atoms with E-state index in [9.17, 15) is 10.1 Å². The van der Waals surface area contributed by atoms with E-state index in [2.05, 4.69) is 50.2 Å². The van der Waals surface area contributed by atoms with Gasteiger partial charge in [0.2, 0.25) is 0 Å². The highest BCUT2D eigenvalue weighted by molar-refractivity contribution is 6.05.